The summed E-state index contributed by atoms with van der Waals surface area (Å²) in [7, 11) is 0. The molecule has 2 aromatic carbocycles. The van der Waals surface area contributed by atoms with E-state index >= 15 is 0 Å². The van der Waals surface area contributed by atoms with Crippen molar-refractivity contribution < 1.29 is 9.59 Å². The van der Waals surface area contributed by atoms with Crippen LogP contribution in [0.25, 0.3) is 0 Å². The van der Waals surface area contributed by atoms with Gasteiger partial charge in [0.2, 0.25) is 5.91 Å². The van der Waals surface area contributed by atoms with Crippen molar-refractivity contribution in [3.63, 3.8) is 0 Å². The lowest BCUT2D eigenvalue weighted by molar-refractivity contribution is -0.114. The molecule has 3 rings (SSSR count). The van der Waals surface area contributed by atoms with Gasteiger partial charge in [-0.2, -0.15) is 5.10 Å². The highest BCUT2D eigenvalue weighted by atomic mass is 16.2. The number of hydrogen-bond donors (Lipinski definition) is 2. The highest BCUT2D eigenvalue weighted by Gasteiger charge is 2.11. The highest BCUT2D eigenvalue weighted by Crippen LogP contribution is 2.19. The van der Waals surface area contributed by atoms with Crippen molar-refractivity contribution in [2.45, 2.75) is 19.8 Å². The van der Waals surface area contributed by atoms with E-state index in [0.717, 1.165) is 18.7 Å². The van der Waals surface area contributed by atoms with E-state index in [1.807, 2.05) is 12.1 Å². The molecule has 134 valence electrons. The Kier molecular flexibility index (Phi) is 5.63. The highest BCUT2D eigenvalue weighted by molar-refractivity contribution is 5.96. The summed E-state index contributed by atoms with van der Waals surface area (Å²) in [6, 6.07) is 14.8. The smallest absolute Gasteiger partial charge is 0.271 e. The van der Waals surface area contributed by atoms with Crippen LogP contribution in [0.5, 0.6) is 0 Å². The zero-order valence-corrected chi connectivity index (χ0v) is 14.7. The minimum absolute atomic E-state index is 0.150. The molecule has 0 radical (unpaired) electrons. The van der Waals surface area contributed by atoms with Crippen LogP contribution < -0.4 is 15.6 Å². The first kappa shape index (κ1) is 17.7. The molecule has 0 bridgehead atoms. The van der Waals surface area contributed by atoms with Crippen LogP contribution in [-0.4, -0.2) is 31.1 Å². The van der Waals surface area contributed by atoms with Crippen molar-refractivity contribution in [1.82, 2.24) is 5.43 Å². The predicted molar refractivity (Wildman–Crippen MR) is 104 cm³/mol. The Morgan fingerprint density at radius 2 is 1.65 bits per heavy atom. The molecule has 1 aliphatic rings. The van der Waals surface area contributed by atoms with Crippen LogP contribution in [-0.2, 0) is 4.79 Å². The number of benzene rings is 2. The molecule has 0 aliphatic carbocycles. The number of amides is 2. The lowest BCUT2D eigenvalue weighted by Gasteiger charge is -2.17. The second kappa shape index (κ2) is 8.29. The molecule has 1 aliphatic heterocycles. The lowest BCUT2D eigenvalue weighted by Crippen LogP contribution is -2.18. The number of hydrogen-bond acceptors (Lipinski definition) is 4. The molecule has 26 heavy (non-hydrogen) atoms. The average Bonchev–Trinajstić information content (AvgIpc) is 3.17. The van der Waals surface area contributed by atoms with E-state index in [1.54, 1.807) is 30.5 Å². The van der Waals surface area contributed by atoms with Gasteiger partial charge in [-0.3, -0.25) is 9.59 Å². The van der Waals surface area contributed by atoms with E-state index in [0.29, 0.717) is 11.3 Å². The number of hydrazone groups is 1. The summed E-state index contributed by atoms with van der Waals surface area (Å²) in [6.07, 6.45) is 4.12. The fraction of sp³-hybridized carbons (Fsp3) is 0.250. The number of anilines is 2. The Morgan fingerprint density at radius 1 is 1.00 bits per heavy atom. The van der Waals surface area contributed by atoms with Gasteiger partial charge in [0.15, 0.2) is 0 Å². The first-order valence-electron chi connectivity index (χ1n) is 8.68. The van der Waals surface area contributed by atoms with Gasteiger partial charge >= 0.3 is 0 Å². The Morgan fingerprint density at radius 3 is 2.27 bits per heavy atom. The van der Waals surface area contributed by atoms with E-state index < -0.39 is 0 Å². The fourth-order valence-electron chi connectivity index (χ4n) is 2.88. The zero-order valence-electron chi connectivity index (χ0n) is 14.7. The maximum absolute atomic E-state index is 12.1. The number of rotatable bonds is 5. The predicted octanol–water partition coefficient (Wildman–Crippen LogP) is 3.01. The summed E-state index contributed by atoms with van der Waals surface area (Å²) in [4.78, 5) is 25.4. The molecule has 2 amide bonds. The van der Waals surface area contributed by atoms with Crippen molar-refractivity contribution in [3.8, 4) is 0 Å². The van der Waals surface area contributed by atoms with E-state index in [-0.39, 0.29) is 11.8 Å². The molecule has 1 saturated heterocycles. The van der Waals surface area contributed by atoms with Gasteiger partial charge in [0.1, 0.15) is 0 Å². The fourth-order valence-corrected chi connectivity index (χ4v) is 2.88. The molecule has 6 heteroatoms. The zero-order chi connectivity index (χ0) is 18.4. The third kappa shape index (κ3) is 4.69. The Labute approximate surface area is 152 Å². The third-order valence-corrected chi connectivity index (χ3v) is 4.21. The molecule has 0 spiro atoms. The summed E-state index contributed by atoms with van der Waals surface area (Å²) in [5.74, 6) is -0.452. The Bertz CT molecular complexity index is 792. The summed E-state index contributed by atoms with van der Waals surface area (Å²) in [5.41, 5.74) is 5.78. The average molecular weight is 350 g/mol. The molecule has 0 atom stereocenters. The molecule has 1 fully saturated rings. The minimum atomic E-state index is -0.302. The molecule has 1 heterocycles. The molecular formula is C20H22N4O2. The third-order valence-electron chi connectivity index (χ3n) is 4.21. The van der Waals surface area contributed by atoms with Crippen LogP contribution in [0, 0.1) is 0 Å². The van der Waals surface area contributed by atoms with Crippen molar-refractivity contribution in [1.29, 1.82) is 0 Å². The number of nitrogens with zero attached hydrogens (tertiary/aromatic N) is 2. The Hall–Kier alpha value is -3.15. The van der Waals surface area contributed by atoms with E-state index in [9.17, 15) is 9.59 Å². The molecular weight excluding hydrogens is 328 g/mol. The normalized spacial score (nSPS) is 13.8. The van der Waals surface area contributed by atoms with E-state index in [1.165, 1.54) is 25.5 Å². The largest absolute Gasteiger partial charge is 0.372 e. The molecule has 0 saturated carbocycles. The van der Waals surface area contributed by atoms with Crippen LogP contribution in [0.4, 0.5) is 11.4 Å². The van der Waals surface area contributed by atoms with Gasteiger partial charge in [-0.25, -0.2) is 5.43 Å². The summed E-state index contributed by atoms with van der Waals surface area (Å²) >= 11 is 0. The van der Waals surface area contributed by atoms with Crippen molar-refractivity contribution >= 4 is 29.4 Å². The van der Waals surface area contributed by atoms with E-state index in [4.69, 9.17) is 0 Å². The van der Waals surface area contributed by atoms with Crippen LogP contribution >= 0.6 is 0 Å². The standard InChI is InChI=1S/C20H22N4O2/c1-15(25)22-18-8-6-17(7-9-18)20(26)23-21-14-16-4-10-19(11-5-16)24-12-2-3-13-24/h4-11,14H,2-3,12-13H2,1H3,(H,22,25)(H,23,26)/b21-14+. The Balaban J connectivity index is 1.54. The summed E-state index contributed by atoms with van der Waals surface area (Å²) in [6.45, 7) is 3.67. The first-order chi connectivity index (χ1) is 12.6. The summed E-state index contributed by atoms with van der Waals surface area (Å²) in [5, 5.41) is 6.66. The maximum Gasteiger partial charge on any atom is 0.271 e. The van der Waals surface area contributed by atoms with Gasteiger partial charge in [0, 0.05) is 37.0 Å². The van der Waals surface area contributed by atoms with Gasteiger partial charge in [0.25, 0.3) is 5.91 Å². The second-order valence-corrected chi connectivity index (χ2v) is 6.24. The molecule has 6 nitrogen and oxygen atoms in total. The summed E-state index contributed by atoms with van der Waals surface area (Å²) < 4.78 is 0. The van der Waals surface area contributed by atoms with Crippen LogP contribution in [0.1, 0.15) is 35.7 Å². The maximum atomic E-state index is 12.1. The van der Waals surface area contributed by atoms with Crippen LogP contribution in [0.2, 0.25) is 0 Å². The lowest BCUT2D eigenvalue weighted by atomic mass is 10.2. The van der Waals surface area contributed by atoms with Gasteiger partial charge < -0.3 is 10.2 Å². The molecule has 2 aromatic rings. The minimum Gasteiger partial charge on any atom is -0.372 e. The van der Waals surface area contributed by atoms with Crippen molar-refractivity contribution in [2.24, 2.45) is 5.10 Å². The first-order valence-corrected chi connectivity index (χ1v) is 8.68. The SMILES string of the molecule is CC(=O)Nc1ccc(C(=O)N/N=C/c2ccc(N3CCCC3)cc2)cc1. The van der Waals surface area contributed by atoms with Gasteiger partial charge in [-0.1, -0.05) is 12.1 Å². The molecule has 0 unspecified atom stereocenters. The quantitative estimate of drug-likeness (QED) is 0.643. The number of carbonyl (C=O) groups is 2. The number of nitrogens with one attached hydrogen (secondary N) is 2. The molecule has 2 N–H and O–H groups in total. The van der Waals surface area contributed by atoms with Crippen LogP contribution in [0.15, 0.2) is 53.6 Å². The van der Waals surface area contributed by atoms with Gasteiger partial charge in [-0.15, -0.1) is 0 Å². The monoisotopic (exact) mass is 350 g/mol. The molecule has 0 aromatic heterocycles. The second-order valence-electron chi connectivity index (χ2n) is 6.24. The van der Waals surface area contributed by atoms with Gasteiger partial charge in [-0.05, 0) is 54.8 Å². The number of carbonyl (C=O) groups excluding carboxylic acids is 2. The van der Waals surface area contributed by atoms with Crippen molar-refractivity contribution in [3.05, 3.63) is 59.7 Å². The van der Waals surface area contributed by atoms with Crippen LogP contribution in [0.3, 0.4) is 0 Å². The van der Waals surface area contributed by atoms with E-state index in [2.05, 4.69) is 32.9 Å². The van der Waals surface area contributed by atoms with Crippen molar-refractivity contribution in [2.75, 3.05) is 23.3 Å². The topological polar surface area (TPSA) is 73.8 Å². The van der Waals surface area contributed by atoms with Gasteiger partial charge in [0.05, 0.1) is 6.21 Å².